The number of hydrogen-bond donors (Lipinski definition) is 2. The molecule has 2 atom stereocenters. The minimum Gasteiger partial charge on any atom is -0.380 e. The Hall–Kier alpha value is -0.340. The first-order chi connectivity index (χ1) is 6.86. The van der Waals surface area contributed by atoms with Crippen LogP contribution in [-0.2, 0) is 10.1 Å². The lowest BCUT2D eigenvalue weighted by atomic mass is 9.82. The van der Waals surface area contributed by atoms with Crippen molar-refractivity contribution in [3.63, 3.8) is 0 Å². The first kappa shape index (κ1) is 13.7. The van der Waals surface area contributed by atoms with Crippen molar-refractivity contribution in [1.82, 2.24) is 0 Å². The number of halogens is 3. The highest BCUT2D eigenvalue weighted by atomic mass is 32.2. The third-order valence-corrected chi connectivity index (χ3v) is 4.88. The van der Waals surface area contributed by atoms with E-state index in [0.29, 0.717) is 6.92 Å². The van der Waals surface area contributed by atoms with E-state index >= 15 is 0 Å². The van der Waals surface area contributed by atoms with Crippen molar-refractivity contribution in [3.8, 4) is 0 Å². The van der Waals surface area contributed by atoms with E-state index in [2.05, 4.69) is 0 Å². The third-order valence-electron chi connectivity index (χ3n) is 3.54. The molecule has 2 N–H and O–H groups in total. The van der Waals surface area contributed by atoms with E-state index in [4.69, 9.17) is 4.55 Å². The Labute approximate surface area is 91.2 Å². The summed E-state index contributed by atoms with van der Waals surface area (Å²) < 4.78 is 68.3. The van der Waals surface area contributed by atoms with Gasteiger partial charge in [0.25, 0.3) is 10.1 Å². The normalized spacial score (nSPS) is 25.9. The molecular weight excluding hydrogens is 249 g/mol. The summed E-state index contributed by atoms with van der Waals surface area (Å²) in [6, 6.07) is 0. The lowest BCUT2D eigenvalue weighted by Gasteiger charge is -2.37. The summed E-state index contributed by atoms with van der Waals surface area (Å²) in [5.41, 5.74) is -4.95. The van der Waals surface area contributed by atoms with E-state index in [1.165, 1.54) is 0 Å². The fraction of sp³-hybridized carbons (Fsp3) is 1.00. The number of rotatable bonds is 3. The Bertz CT molecular complexity index is 381. The monoisotopic (exact) mass is 262 g/mol. The van der Waals surface area contributed by atoms with Gasteiger partial charge in [0.1, 0.15) is 0 Å². The summed E-state index contributed by atoms with van der Waals surface area (Å²) in [4.78, 5) is 0. The fourth-order valence-corrected chi connectivity index (χ4v) is 3.03. The molecular formula is C8H13F3O4S. The standard InChI is InChI=1S/C8H13F3O4S/c1-5(16(13,14)15)7(3-4-7)6(2,12)8(9,10)11/h5,12H,3-4H2,1-2H3,(H,13,14,15). The van der Waals surface area contributed by atoms with Crippen LogP contribution in [0.3, 0.4) is 0 Å². The molecule has 0 spiro atoms. The quantitative estimate of drug-likeness (QED) is 0.753. The molecule has 16 heavy (non-hydrogen) atoms. The van der Waals surface area contributed by atoms with Crippen LogP contribution in [0.5, 0.6) is 0 Å². The molecule has 2 unspecified atom stereocenters. The molecule has 1 saturated carbocycles. The molecule has 0 aromatic rings. The van der Waals surface area contributed by atoms with Crippen LogP contribution in [0.1, 0.15) is 26.7 Å². The molecule has 0 aliphatic heterocycles. The van der Waals surface area contributed by atoms with Gasteiger partial charge in [-0.3, -0.25) is 4.55 Å². The molecule has 1 rings (SSSR count). The van der Waals surface area contributed by atoms with Gasteiger partial charge in [-0.2, -0.15) is 21.6 Å². The zero-order valence-electron chi connectivity index (χ0n) is 8.74. The largest absolute Gasteiger partial charge is 0.417 e. The zero-order chi connectivity index (χ0) is 13.0. The summed E-state index contributed by atoms with van der Waals surface area (Å²) in [7, 11) is -4.60. The van der Waals surface area contributed by atoms with Gasteiger partial charge in [0.15, 0.2) is 5.60 Å². The lowest BCUT2D eigenvalue weighted by Crippen LogP contribution is -2.55. The number of aliphatic hydroxyl groups is 1. The van der Waals surface area contributed by atoms with Gasteiger partial charge in [-0.1, -0.05) is 0 Å². The summed E-state index contributed by atoms with van der Waals surface area (Å²) in [6.07, 6.45) is -5.09. The van der Waals surface area contributed by atoms with Gasteiger partial charge in [0, 0.05) is 5.41 Å². The maximum Gasteiger partial charge on any atom is 0.417 e. The molecule has 0 heterocycles. The second kappa shape index (κ2) is 3.33. The second-order valence-electron chi connectivity index (χ2n) is 4.38. The van der Waals surface area contributed by atoms with Gasteiger partial charge in [-0.25, -0.2) is 0 Å². The molecule has 4 nitrogen and oxygen atoms in total. The Morgan fingerprint density at radius 1 is 1.31 bits per heavy atom. The summed E-state index contributed by atoms with van der Waals surface area (Å²) in [6.45, 7) is 1.52. The fourth-order valence-electron chi connectivity index (χ4n) is 1.99. The van der Waals surface area contributed by atoms with Gasteiger partial charge >= 0.3 is 6.18 Å². The van der Waals surface area contributed by atoms with Gasteiger partial charge < -0.3 is 5.11 Å². The van der Waals surface area contributed by atoms with Crippen molar-refractivity contribution in [2.45, 2.75) is 43.7 Å². The zero-order valence-corrected chi connectivity index (χ0v) is 9.56. The first-order valence-corrected chi connectivity index (χ1v) is 6.12. The number of alkyl halides is 3. The second-order valence-corrected chi connectivity index (χ2v) is 6.12. The topological polar surface area (TPSA) is 74.6 Å². The maximum absolute atomic E-state index is 12.6. The van der Waals surface area contributed by atoms with E-state index in [-0.39, 0.29) is 12.8 Å². The average Bonchev–Trinajstić information content (AvgIpc) is 2.78. The van der Waals surface area contributed by atoms with E-state index in [1.807, 2.05) is 0 Å². The van der Waals surface area contributed by atoms with Crippen LogP contribution < -0.4 is 0 Å². The molecule has 0 saturated heterocycles. The van der Waals surface area contributed by atoms with E-state index in [0.717, 1.165) is 6.92 Å². The SMILES string of the molecule is CC(C1(C(C)(O)C(F)(F)F)CC1)S(=O)(=O)O. The summed E-state index contributed by atoms with van der Waals surface area (Å²) in [5, 5.41) is 7.83. The summed E-state index contributed by atoms with van der Waals surface area (Å²) >= 11 is 0. The highest BCUT2D eigenvalue weighted by Gasteiger charge is 2.72. The van der Waals surface area contributed by atoms with Gasteiger partial charge in [0.05, 0.1) is 5.25 Å². The van der Waals surface area contributed by atoms with Crippen LogP contribution in [0.2, 0.25) is 0 Å². The van der Waals surface area contributed by atoms with Crippen molar-refractivity contribution in [2.24, 2.45) is 5.41 Å². The summed E-state index contributed by atoms with van der Waals surface area (Å²) in [5.74, 6) is 0. The molecule has 96 valence electrons. The van der Waals surface area contributed by atoms with Crippen molar-refractivity contribution >= 4 is 10.1 Å². The smallest absolute Gasteiger partial charge is 0.380 e. The number of hydrogen-bond acceptors (Lipinski definition) is 3. The van der Waals surface area contributed by atoms with Crippen LogP contribution in [0.15, 0.2) is 0 Å². The maximum atomic E-state index is 12.6. The van der Waals surface area contributed by atoms with Gasteiger partial charge in [-0.15, -0.1) is 0 Å². The Kier molecular flexibility index (Phi) is 2.86. The minimum atomic E-state index is -4.93. The highest BCUT2D eigenvalue weighted by molar-refractivity contribution is 7.86. The van der Waals surface area contributed by atoms with Crippen LogP contribution in [0.25, 0.3) is 0 Å². The van der Waals surface area contributed by atoms with Gasteiger partial charge in [0.2, 0.25) is 0 Å². The predicted molar refractivity (Wildman–Crippen MR) is 49.4 cm³/mol. The van der Waals surface area contributed by atoms with Crippen molar-refractivity contribution in [3.05, 3.63) is 0 Å². The van der Waals surface area contributed by atoms with Gasteiger partial charge in [-0.05, 0) is 26.7 Å². The molecule has 8 heteroatoms. The van der Waals surface area contributed by atoms with E-state index in [9.17, 15) is 26.7 Å². The van der Waals surface area contributed by atoms with Crippen LogP contribution in [0.4, 0.5) is 13.2 Å². The molecule has 1 aliphatic carbocycles. The lowest BCUT2D eigenvalue weighted by molar-refractivity contribution is -0.277. The predicted octanol–water partition coefficient (Wildman–Crippen LogP) is 1.36. The molecule has 0 amide bonds. The van der Waals surface area contributed by atoms with Crippen molar-refractivity contribution in [2.75, 3.05) is 0 Å². The highest BCUT2D eigenvalue weighted by Crippen LogP contribution is 2.62. The van der Waals surface area contributed by atoms with Crippen LogP contribution in [-0.4, -0.2) is 35.1 Å². The first-order valence-electron chi connectivity index (χ1n) is 4.62. The molecule has 0 radical (unpaired) electrons. The third kappa shape index (κ3) is 1.82. The Morgan fingerprint density at radius 2 is 1.69 bits per heavy atom. The Morgan fingerprint density at radius 3 is 1.88 bits per heavy atom. The molecule has 0 aromatic carbocycles. The Balaban J connectivity index is 3.14. The molecule has 0 aromatic heterocycles. The van der Waals surface area contributed by atoms with E-state index in [1.54, 1.807) is 0 Å². The average molecular weight is 262 g/mol. The van der Waals surface area contributed by atoms with Crippen molar-refractivity contribution < 1.29 is 31.2 Å². The van der Waals surface area contributed by atoms with Crippen LogP contribution >= 0.6 is 0 Å². The van der Waals surface area contributed by atoms with E-state index < -0.39 is 32.6 Å². The minimum absolute atomic E-state index is 0.0829. The molecule has 0 bridgehead atoms. The van der Waals surface area contributed by atoms with Crippen molar-refractivity contribution in [1.29, 1.82) is 0 Å². The molecule has 1 fully saturated rings. The van der Waals surface area contributed by atoms with Crippen LogP contribution in [0, 0.1) is 5.41 Å². The molecule has 1 aliphatic rings.